The van der Waals surface area contributed by atoms with Crippen LogP contribution in [0, 0.1) is 5.41 Å². The third-order valence-corrected chi connectivity index (χ3v) is 6.36. The van der Waals surface area contributed by atoms with Crippen LogP contribution < -0.4 is 20.7 Å². The lowest BCUT2D eigenvalue weighted by Gasteiger charge is -2.38. The van der Waals surface area contributed by atoms with Crippen molar-refractivity contribution in [1.29, 1.82) is 0 Å². The monoisotopic (exact) mass is 441 g/mol. The summed E-state index contributed by atoms with van der Waals surface area (Å²) < 4.78 is 5.39. The molecule has 0 amide bonds. The average molecular weight is 442 g/mol. The van der Waals surface area contributed by atoms with Gasteiger partial charge in [0.25, 0.3) is 0 Å². The lowest BCUT2D eigenvalue weighted by Crippen LogP contribution is -2.51. The summed E-state index contributed by atoms with van der Waals surface area (Å²) in [5.41, 5.74) is 8.21. The van der Waals surface area contributed by atoms with Crippen molar-refractivity contribution in [2.75, 3.05) is 62.9 Å². The van der Waals surface area contributed by atoms with Gasteiger partial charge >= 0.3 is 0 Å². The van der Waals surface area contributed by atoms with Crippen LogP contribution in [0.3, 0.4) is 0 Å². The van der Waals surface area contributed by atoms with E-state index in [0.29, 0.717) is 13.1 Å². The van der Waals surface area contributed by atoms with Gasteiger partial charge in [0.1, 0.15) is 5.75 Å². The smallest absolute Gasteiger partial charge is 0.198 e. The molecule has 0 bridgehead atoms. The topological polar surface area (TPSA) is 66.1 Å². The molecule has 0 radical (unpaired) electrons. The van der Waals surface area contributed by atoms with Gasteiger partial charge in [-0.1, -0.05) is 32.0 Å². The zero-order valence-corrected chi connectivity index (χ0v) is 19.9. The Morgan fingerprint density at radius 3 is 2.55 bits per heavy atom. The van der Waals surface area contributed by atoms with Gasteiger partial charge in [0.15, 0.2) is 5.96 Å². The second-order valence-electron chi connectivity index (χ2n) is 8.51. The third-order valence-electron chi connectivity index (χ3n) is 5.56. The highest BCUT2D eigenvalue weighted by molar-refractivity contribution is 7.98. The predicted molar refractivity (Wildman–Crippen MR) is 134 cm³/mol. The normalized spacial score (nSPS) is 15.2. The number of nitrogens with one attached hydrogen (secondary N) is 1. The number of ether oxygens (including phenoxy) is 1. The first-order valence-electron chi connectivity index (χ1n) is 10.7. The molecule has 0 aromatic heterocycles. The van der Waals surface area contributed by atoms with Gasteiger partial charge in [-0.25, -0.2) is 0 Å². The fourth-order valence-electron chi connectivity index (χ4n) is 3.42. The standard InChI is InChI=1S/C24H35N5OS/c1-24(2,17-25)18-26-23(27-21-10-5-6-11-22(21)31-4)29-14-12-28(13-15-29)19-8-7-9-20(16-19)30-3/h5-11,16H,12-15,17-18,25H2,1-4H3,(H,26,27). The van der Waals surface area contributed by atoms with Crippen LogP contribution in [0.5, 0.6) is 5.75 Å². The Hall–Kier alpha value is -2.38. The maximum Gasteiger partial charge on any atom is 0.198 e. The number of nitrogens with two attached hydrogens (primary N) is 1. The van der Waals surface area contributed by atoms with Gasteiger partial charge in [-0.2, -0.15) is 0 Å². The predicted octanol–water partition coefficient (Wildman–Crippen LogP) is 3.99. The molecule has 6 nitrogen and oxygen atoms in total. The molecule has 2 aromatic carbocycles. The number of anilines is 2. The van der Waals surface area contributed by atoms with Gasteiger partial charge < -0.3 is 25.6 Å². The van der Waals surface area contributed by atoms with Crippen molar-refractivity contribution in [3.05, 3.63) is 48.5 Å². The van der Waals surface area contributed by atoms with Crippen LogP contribution in [0.4, 0.5) is 11.4 Å². The lowest BCUT2D eigenvalue weighted by atomic mass is 9.94. The van der Waals surface area contributed by atoms with Crippen LogP contribution in [0.1, 0.15) is 13.8 Å². The molecule has 1 fully saturated rings. The van der Waals surface area contributed by atoms with Crippen molar-refractivity contribution >= 4 is 29.1 Å². The summed E-state index contributed by atoms with van der Waals surface area (Å²) in [5.74, 6) is 1.81. The number of hydrogen-bond acceptors (Lipinski definition) is 5. The Labute approximate surface area is 190 Å². The highest BCUT2D eigenvalue weighted by Gasteiger charge is 2.22. The maximum atomic E-state index is 5.95. The third kappa shape index (κ3) is 6.31. The van der Waals surface area contributed by atoms with E-state index < -0.39 is 0 Å². The number of piperazine rings is 1. The molecule has 0 saturated carbocycles. The average Bonchev–Trinajstić information content (AvgIpc) is 2.82. The summed E-state index contributed by atoms with van der Waals surface area (Å²) in [5, 5.41) is 3.61. The quantitative estimate of drug-likeness (QED) is 0.385. The van der Waals surface area contributed by atoms with Gasteiger partial charge in [-0.3, -0.25) is 4.99 Å². The molecule has 1 saturated heterocycles. The fraction of sp³-hybridized carbons (Fsp3) is 0.458. The van der Waals surface area contributed by atoms with E-state index in [-0.39, 0.29) is 5.41 Å². The Balaban J connectivity index is 1.75. The molecule has 1 aliphatic heterocycles. The van der Waals surface area contributed by atoms with E-state index in [1.165, 1.54) is 10.6 Å². The Bertz CT molecular complexity index is 878. The van der Waals surface area contributed by atoms with Crippen molar-refractivity contribution in [2.24, 2.45) is 16.1 Å². The number of guanidine groups is 1. The minimum atomic E-state index is -0.0334. The first-order chi connectivity index (χ1) is 15.0. The SMILES string of the molecule is COc1cccc(N2CCN(C(=NCC(C)(C)CN)Nc3ccccc3SC)CC2)c1. The van der Waals surface area contributed by atoms with Gasteiger partial charge in [-0.15, -0.1) is 11.8 Å². The molecular weight excluding hydrogens is 406 g/mol. The van der Waals surface area contributed by atoms with Crippen LogP contribution >= 0.6 is 11.8 Å². The molecule has 3 rings (SSSR count). The van der Waals surface area contributed by atoms with E-state index in [0.717, 1.165) is 43.6 Å². The zero-order chi connectivity index (χ0) is 22.3. The molecule has 2 aromatic rings. The Morgan fingerprint density at radius 1 is 1.13 bits per heavy atom. The summed E-state index contributed by atoms with van der Waals surface area (Å²) in [4.78, 5) is 10.9. The Morgan fingerprint density at radius 2 is 1.87 bits per heavy atom. The number of nitrogens with zero attached hydrogens (tertiary/aromatic N) is 3. The maximum absolute atomic E-state index is 5.95. The van der Waals surface area contributed by atoms with Crippen molar-refractivity contribution in [3.8, 4) is 5.75 Å². The van der Waals surface area contributed by atoms with Crippen molar-refractivity contribution < 1.29 is 4.74 Å². The number of methoxy groups -OCH3 is 1. The van der Waals surface area contributed by atoms with Crippen molar-refractivity contribution in [3.63, 3.8) is 0 Å². The van der Waals surface area contributed by atoms with E-state index in [2.05, 4.69) is 71.6 Å². The first-order valence-corrected chi connectivity index (χ1v) is 12.0. The number of rotatable bonds is 7. The van der Waals surface area contributed by atoms with Gasteiger partial charge in [0.05, 0.1) is 12.8 Å². The van der Waals surface area contributed by atoms with E-state index in [1.807, 2.05) is 12.1 Å². The van der Waals surface area contributed by atoms with Crippen LogP contribution in [0.15, 0.2) is 58.4 Å². The fourth-order valence-corrected chi connectivity index (χ4v) is 3.98. The first kappa shape index (κ1) is 23.3. The summed E-state index contributed by atoms with van der Waals surface area (Å²) in [6.07, 6.45) is 2.10. The van der Waals surface area contributed by atoms with Crippen molar-refractivity contribution in [2.45, 2.75) is 18.7 Å². The summed E-state index contributed by atoms with van der Waals surface area (Å²) in [6.45, 7) is 9.26. The molecule has 168 valence electrons. The van der Waals surface area contributed by atoms with Gasteiger partial charge in [0.2, 0.25) is 0 Å². The van der Waals surface area contributed by atoms with Gasteiger partial charge in [0, 0.05) is 49.4 Å². The Kier molecular flexibility index (Phi) is 8.09. The zero-order valence-electron chi connectivity index (χ0n) is 19.1. The number of hydrogen-bond donors (Lipinski definition) is 2. The summed E-state index contributed by atoms with van der Waals surface area (Å²) in [7, 11) is 1.71. The molecule has 1 aliphatic rings. The highest BCUT2D eigenvalue weighted by Crippen LogP contribution is 2.26. The molecule has 0 aliphatic carbocycles. The van der Waals surface area contributed by atoms with E-state index in [1.54, 1.807) is 18.9 Å². The number of para-hydroxylation sites is 1. The summed E-state index contributed by atoms with van der Waals surface area (Å²) >= 11 is 1.74. The van der Waals surface area contributed by atoms with Crippen LogP contribution in [0.2, 0.25) is 0 Å². The van der Waals surface area contributed by atoms with E-state index in [9.17, 15) is 0 Å². The molecule has 7 heteroatoms. The number of benzene rings is 2. The molecule has 0 unspecified atom stereocenters. The van der Waals surface area contributed by atoms with E-state index >= 15 is 0 Å². The largest absolute Gasteiger partial charge is 0.497 e. The van der Waals surface area contributed by atoms with Gasteiger partial charge in [-0.05, 0) is 42.5 Å². The highest BCUT2D eigenvalue weighted by atomic mass is 32.2. The lowest BCUT2D eigenvalue weighted by molar-refractivity contribution is 0.368. The molecule has 0 atom stereocenters. The molecular formula is C24H35N5OS. The second kappa shape index (κ2) is 10.8. The minimum absolute atomic E-state index is 0.0334. The number of aliphatic imine (C=N–C) groups is 1. The van der Waals surface area contributed by atoms with Crippen LogP contribution in [-0.4, -0.2) is 63.5 Å². The molecule has 3 N–H and O–H groups in total. The summed E-state index contributed by atoms with van der Waals surface area (Å²) in [6, 6.07) is 16.6. The molecule has 0 spiro atoms. The molecule has 31 heavy (non-hydrogen) atoms. The van der Waals surface area contributed by atoms with E-state index in [4.69, 9.17) is 15.5 Å². The van der Waals surface area contributed by atoms with Crippen molar-refractivity contribution in [1.82, 2.24) is 4.90 Å². The van der Waals surface area contributed by atoms with Crippen LogP contribution in [-0.2, 0) is 0 Å². The second-order valence-corrected chi connectivity index (χ2v) is 9.36. The van der Waals surface area contributed by atoms with Crippen LogP contribution in [0.25, 0.3) is 0 Å². The minimum Gasteiger partial charge on any atom is -0.497 e. The molecule has 1 heterocycles. The number of thioether (sulfide) groups is 1.